The van der Waals surface area contributed by atoms with Gasteiger partial charge in [-0.1, -0.05) is 18.2 Å². The van der Waals surface area contributed by atoms with E-state index < -0.39 is 31.0 Å². The van der Waals surface area contributed by atoms with Crippen molar-refractivity contribution in [2.24, 2.45) is 0 Å². The number of anilines is 1. The van der Waals surface area contributed by atoms with E-state index in [9.17, 15) is 14.3 Å². The van der Waals surface area contributed by atoms with Gasteiger partial charge in [-0.25, -0.2) is 19.3 Å². The minimum Gasteiger partial charge on any atom is -0.394 e. The highest BCUT2D eigenvalue weighted by Crippen LogP contribution is 2.25. The molecule has 3 aromatic rings. The third-order valence-corrected chi connectivity index (χ3v) is 4.04. The number of imidazole rings is 1. The summed E-state index contributed by atoms with van der Waals surface area (Å²) in [4.78, 5) is 24.3. The lowest BCUT2D eigenvalue weighted by Crippen LogP contribution is -2.37. The first kappa shape index (κ1) is 18.8. The number of benzene rings is 1. The average molecular weight is 375 g/mol. The second-order valence-corrected chi connectivity index (χ2v) is 5.69. The molecule has 0 spiro atoms. The molecule has 0 aliphatic rings. The van der Waals surface area contributed by atoms with Gasteiger partial charge in [0.15, 0.2) is 17.0 Å². The van der Waals surface area contributed by atoms with E-state index in [1.807, 2.05) is 0 Å². The van der Waals surface area contributed by atoms with Gasteiger partial charge in [-0.2, -0.15) is 0 Å². The monoisotopic (exact) mass is 375 g/mol. The summed E-state index contributed by atoms with van der Waals surface area (Å²) < 4.78 is 20.6. The maximum atomic E-state index is 14.7. The van der Waals surface area contributed by atoms with Crippen LogP contribution in [0.3, 0.4) is 0 Å². The summed E-state index contributed by atoms with van der Waals surface area (Å²) in [5, 5.41) is 21.8. The quantitative estimate of drug-likeness (QED) is 0.561. The number of ether oxygens (including phenoxy) is 1. The van der Waals surface area contributed by atoms with Gasteiger partial charge in [-0.3, -0.25) is 9.36 Å². The lowest BCUT2D eigenvalue weighted by Gasteiger charge is -2.23. The number of fused-ring (bicyclic) bond motifs is 1. The summed E-state index contributed by atoms with van der Waals surface area (Å²) >= 11 is 0. The standard InChI is InChI=1S/C17H18FN5O4/c1-27-11(7-24)13(25)14(18)23-9-21-12-15(19-8-20-16(12)23)22-17(26)10-5-3-2-4-6-10/h2-6,8-9,11,13-14,24-25H,7H2,1H3,(H,19,20,22,26)/t11-,13-,14+/m1/s1. The predicted molar refractivity (Wildman–Crippen MR) is 93.8 cm³/mol. The lowest BCUT2D eigenvalue weighted by atomic mass is 10.2. The molecule has 0 saturated heterocycles. The molecule has 1 amide bonds. The number of hydrogen-bond acceptors (Lipinski definition) is 7. The van der Waals surface area contributed by atoms with Crippen molar-refractivity contribution in [3.63, 3.8) is 0 Å². The zero-order valence-corrected chi connectivity index (χ0v) is 14.4. The van der Waals surface area contributed by atoms with Gasteiger partial charge >= 0.3 is 0 Å². The molecule has 142 valence electrons. The van der Waals surface area contributed by atoms with Gasteiger partial charge in [0.25, 0.3) is 5.91 Å². The molecule has 3 atom stereocenters. The second kappa shape index (κ2) is 8.16. The molecule has 3 N–H and O–H groups in total. The Morgan fingerprint density at radius 2 is 2.04 bits per heavy atom. The maximum absolute atomic E-state index is 14.7. The Balaban J connectivity index is 1.89. The minimum atomic E-state index is -1.97. The average Bonchev–Trinajstić information content (AvgIpc) is 3.14. The molecule has 2 aromatic heterocycles. The molecular formula is C17H18FN5O4. The van der Waals surface area contributed by atoms with E-state index in [1.54, 1.807) is 30.3 Å². The number of nitrogens with one attached hydrogen (secondary N) is 1. The topological polar surface area (TPSA) is 122 Å². The van der Waals surface area contributed by atoms with Crippen LogP contribution in [0.5, 0.6) is 0 Å². The number of alkyl halides is 1. The van der Waals surface area contributed by atoms with Crippen LogP contribution in [-0.4, -0.2) is 61.6 Å². The summed E-state index contributed by atoms with van der Waals surface area (Å²) in [5.41, 5.74) is 0.663. The number of aliphatic hydroxyl groups is 2. The number of carbonyl (C=O) groups excluding carboxylic acids is 1. The number of aliphatic hydroxyl groups excluding tert-OH is 2. The van der Waals surface area contributed by atoms with Crippen molar-refractivity contribution in [2.45, 2.75) is 18.5 Å². The molecule has 9 nitrogen and oxygen atoms in total. The Morgan fingerprint density at radius 1 is 1.30 bits per heavy atom. The van der Waals surface area contributed by atoms with Gasteiger partial charge < -0.3 is 20.3 Å². The molecule has 0 saturated carbocycles. The Morgan fingerprint density at radius 3 is 2.70 bits per heavy atom. The molecule has 10 heteroatoms. The number of aromatic nitrogens is 4. The molecule has 2 heterocycles. The number of hydrogen-bond donors (Lipinski definition) is 3. The van der Waals surface area contributed by atoms with Crippen molar-refractivity contribution in [3.05, 3.63) is 48.5 Å². The first-order chi connectivity index (χ1) is 13.1. The largest absolute Gasteiger partial charge is 0.394 e. The molecule has 0 bridgehead atoms. The molecule has 27 heavy (non-hydrogen) atoms. The Bertz CT molecular complexity index is 916. The Labute approximate surface area is 153 Å². The third-order valence-electron chi connectivity index (χ3n) is 4.04. The van der Waals surface area contributed by atoms with E-state index in [0.717, 1.165) is 17.2 Å². The number of halogens is 1. The van der Waals surface area contributed by atoms with E-state index in [0.29, 0.717) is 5.56 Å². The van der Waals surface area contributed by atoms with Crippen molar-refractivity contribution in [1.29, 1.82) is 0 Å². The van der Waals surface area contributed by atoms with Crippen LogP contribution < -0.4 is 5.32 Å². The van der Waals surface area contributed by atoms with Gasteiger partial charge in [-0.05, 0) is 12.1 Å². The summed E-state index contributed by atoms with van der Waals surface area (Å²) in [7, 11) is 1.25. The van der Waals surface area contributed by atoms with Crippen molar-refractivity contribution in [2.75, 3.05) is 19.0 Å². The van der Waals surface area contributed by atoms with E-state index in [2.05, 4.69) is 20.3 Å². The van der Waals surface area contributed by atoms with Crippen LogP contribution in [0.2, 0.25) is 0 Å². The summed E-state index contributed by atoms with van der Waals surface area (Å²) in [6.07, 6.45) is -2.44. The molecule has 0 aliphatic heterocycles. The van der Waals surface area contributed by atoms with Gasteiger partial charge in [0.2, 0.25) is 6.30 Å². The van der Waals surface area contributed by atoms with E-state index in [4.69, 9.17) is 9.84 Å². The SMILES string of the molecule is CO[C@H](CO)[C@@H](O)[C@@H](F)n1cnc2c(NC(=O)c3ccccc3)ncnc21. The number of carbonyl (C=O) groups is 1. The number of methoxy groups -OCH3 is 1. The van der Waals surface area contributed by atoms with Gasteiger partial charge in [0, 0.05) is 12.7 Å². The van der Waals surface area contributed by atoms with E-state index in [-0.39, 0.29) is 17.0 Å². The molecule has 0 aliphatic carbocycles. The van der Waals surface area contributed by atoms with Crippen LogP contribution in [0.4, 0.5) is 10.2 Å². The lowest BCUT2D eigenvalue weighted by molar-refractivity contribution is -0.0891. The maximum Gasteiger partial charge on any atom is 0.256 e. The zero-order valence-electron chi connectivity index (χ0n) is 14.4. The summed E-state index contributed by atoms with van der Waals surface area (Å²) in [5.74, 6) is -0.290. The summed E-state index contributed by atoms with van der Waals surface area (Å²) in [6.45, 7) is -0.557. The van der Waals surface area contributed by atoms with Crippen molar-refractivity contribution >= 4 is 22.9 Å². The highest BCUT2D eigenvalue weighted by Gasteiger charge is 2.30. The number of rotatable bonds is 7. The number of nitrogens with zero attached hydrogens (tertiary/aromatic N) is 4. The normalized spacial score (nSPS) is 14.7. The Kier molecular flexibility index (Phi) is 5.69. The van der Waals surface area contributed by atoms with Crippen molar-refractivity contribution < 1.29 is 24.1 Å². The molecule has 0 radical (unpaired) electrons. The van der Waals surface area contributed by atoms with Gasteiger partial charge in [0.1, 0.15) is 18.5 Å². The fourth-order valence-electron chi connectivity index (χ4n) is 2.56. The van der Waals surface area contributed by atoms with Crippen LogP contribution in [0.25, 0.3) is 11.2 Å². The molecule has 0 fully saturated rings. The molecular weight excluding hydrogens is 357 g/mol. The fraction of sp³-hybridized carbons (Fsp3) is 0.294. The minimum absolute atomic E-state index is 0.0766. The highest BCUT2D eigenvalue weighted by molar-refractivity contribution is 6.06. The van der Waals surface area contributed by atoms with Crippen molar-refractivity contribution in [3.8, 4) is 0 Å². The first-order valence-corrected chi connectivity index (χ1v) is 8.06. The van der Waals surface area contributed by atoms with Crippen molar-refractivity contribution in [1.82, 2.24) is 19.5 Å². The molecule has 1 aromatic carbocycles. The van der Waals surface area contributed by atoms with Crippen LogP contribution >= 0.6 is 0 Å². The smallest absolute Gasteiger partial charge is 0.256 e. The van der Waals surface area contributed by atoms with E-state index in [1.165, 1.54) is 7.11 Å². The number of amides is 1. The molecule has 3 rings (SSSR count). The zero-order chi connectivity index (χ0) is 19.4. The Hall–Kier alpha value is -2.95. The van der Waals surface area contributed by atoms with Crippen LogP contribution in [0.15, 0.2) is 43.0 Å². The fourth-order valence-corrected chi connectivity index (χ4v) is 2.56. The molecule has 0 unspecified atom stereocenters. The second-order valence-electron chi connectivity index (χ2n) is 5.69. The van der Waals surface area contributed by atoms with Gasteiger partial charge in [0.05, 0.1) is 12.9 Å². The van der Waals surface area contributed by atoms with Crippen LogP contribution in [-0.2, 0) is 4.74 Å². The van der Waals surface area contributed by atoms with Crippen LogP contribution in [0, 0.1) is 0 Å². The third kappa shape index (κ3) is 3.77. The summed E-state index contributed by atoms with van der Waals surface area (Å²) in [6, 6.07) is 8.51. The first-order valence-electron chi connectivity index (χ1n) is 8.06. The predicted octanol–water partition coefficient (Wildman–Crippen LogP) is 0.915. The van der Waals surface area contributed by atoms with Crippen LogP contribution in [0.1, 0.15) is 16.7 Å². The highest BCUT2D eigenvalue weighted by atomic mass is 19.1. The van der Waals surface area contributed by atoms with E-state index >= 15 is 0 Å². The van der Waals surface area contributed by atoms with Gasteiger partial charge in [-0.15, -0.1) is 0 Å².